The zero-order chi connectivity index (χ0) is 39.2. The highest BCUT2D eigenvalue weighted by Crippen LogP contribution is 2.62. The monoisotopic (exact) mass is 760 g/mol. The molecule has 9 atom stereocenters. The summed E-state index contributed by atoms with van der Waals surface area (Å²) in [5.74, 6) is 2.52. The van der Waals surface area contributed by atoms with Crippen molar-refractivity contribution in [3.8, 4) is 11.6 Å². The largest absolute Gasteiger partial charge is 0.508 e. The van der Waals surface area contributed by atoms with Crippen LogP contribution >= 0.6 is 0 Å². The molecule has 1 amide bonds. The van der Waals surface area contributed by atoms with Crippen LogP contribution in [0.4, 0.5) is 13.2 Å². The molecular weight excluding hydrogens is 709 g/mol. The van der Waals surface area contributed by atoms with Crippen LogP contribution in [0, 0.1) is 23.2 Å². The Kier molecular flexibility index (Phi) is 13.4. The van der Waals surface area contributed by atoms with Gasteiger partial charge in [-0.3, -0.25) is 9.59 Å². The smallest absolute Gasteiger partial charge is 0.431 e. The first kappa shape index (κ1) is 41.1. The molecule has 1 aromatic carbocycles. The molecule has 9 unspecified atom stereocenters. The number of carbonyl (C=O) groups is 1. The van der Waals surface area contributed by atoms with Crippen molar-refractivity contribution in [2.45, 2.75) is 102 Å². The van der Waals surface area contributed by atoms with Gasteiger partial charge in [-0.15, -0.1) is 10.2 Å². The van der Waals surface area contributed by atoms with Crippen molar-refractivity contribution in [2.75, 3.05) is 20.3 Å². The molecule has 4 aliphatic rings. The van der Waals surface area contributed by atoms with Crippen molar-refractivity contribution in [3.05, 3.63) is 81.4 Å². The molecule has 3 heterocycles. The Morgan fingerprint density at radius 1 is 1.07 bits per heavy atom. The zero-order valence-corrected chi connectivity index (χ0v) is 30.8. The van der Waals surface area contributed by atoms with Crippen LogP contribution in [-0.4, -0.2) is 86.2 Å². The normalized spacial score (nSPS) is 29.9. The number of aromatic nitrogens is 3. The van der Waals surface area contributed by atoms with E-state index in [0.29, 0.717) is 54.9 Å². The fourth-order valence-corrected chi connectivity index (χ4v) is 8.81. The number of fused-ring (bicyclic) bond motifs is 5. The van der Waals surface area contributed by atoms with E-state index in [1.54, 1.807) is 24.0 Å². The molecule has 54 heavy (non-hydrogen) atoms. The summed E-state index contributed by atoms with van der Waals surface area (Å²) in [7, 11) is 1.51. The number of aromatic amines is 1. The number of nitrogens with zero attached hydrogens (tertiary/aromatic N) is 2. The van der Waals surface area contributed by atoms with E-state index in [-0.39, 0.29) is 29.2 Å². The molecule has 3 fully saturated rings. The van der Waals surface area contributed by atoms with E-state index in [1.807, 2.05) is 12.1 Å². The molecule has 15 heteroatoms. The number of amides is 1. The van der Waals surface area contributed by atoms with Crippen molar-refractivity contribution >= 4 is 5.91 Å². The number of H-pyrrole nitrogens is 1. The number of phenols is 1. The lowest BCUT2D eigenvalue weighted by atomic mass is 9.52. The minimum absolute atomic E-state index is 0.00902. The Balaban J connectivity index is 0.000000228. The summed E-state index contributed by atoms with van der Waals surface area (Å²) in [6.07, 6.45) is 1.36. The van der Waals surface area contributed by atoms with Gasteiger partial charge in [0.2, 0.25) is 11.4 Å². The van der Waals surface area contributed by atoms with Crippen LogP contribution in [0.2, 0.25) is 0 Å². The van der Waals surface area contributed by atoms with Crippen LogP contribution in [0.3, 0.4) is 0 Å². The number of methoxy groups -OCH3 is 1. The maximum Gasteiger partial charge on any atom is 0.431 e. The Labute approximate surface area is 312 Å². The van der Waals surface area contributed by atoms with E-state index in [4.69, 9.17) is 19.7 Å². The van der Waals surface area contributed by atoms with Gasteiger partial charge in [0.1, 0.15) is 17.5 Å². The molecule has 3 aromatic rings. The number of benzene rings is 1. The fourth-order valence-electron chi connectivity index (χ4n) is 8.81. The number of halogens is 3. The molecule has 3 aliphatic carbocycles. The Bertz CT molecular complexity index is 1750. The van der Waals surface area contributed by atoms with Crippen molar-refractivity contribution in [3.63, 3.8) is 0 Å². The first-order valence-electron chi connectivity index (χ1n) is 18.5. The summed E-state index contributed by atoms with van der Waals surface area (Å²) in [6.45, 7) is 5.19. The molecule has 2 aromatic heterocycles. The summed E-state index contributed by atoms with van der Waals surface area (Å²) in [4.78, 5) is 24.5. The molecule has 0 spiro atoms. The zero-order valence-electron chi connectivity index (χ0n) is 30.8. The maximum absolute atomic E-state index is 12.4. The number of carbonyl (C=O) groups excluding carboxylic acids is 1. The number of ether oxygens (including phenoxy) is 2. The third kappa shape index (κ3) is 9.60. The molecule has 0 bridgehead atoms. The molecule has 12 nitrogen and oxygen atoms in total. The Hall–Kier alpha value is -4.05. The molecule has 0 radical (unpaired) electrons. The highest BCUT2D eigenvalue weighted by Gasteiger charge is 2.56. The van der Waals surface area contributed by atoms with Gasteiger partial charge in [-0.05, 0) is 123 Å². The SMILES string of the molecule is CC1OCCC(O)C1O.COc1ccc(C(=O)NCCCC2Cc3cc(O)ccc3C3CCC4(C)C(O)CCC4C23)nn1.O=c1cccc(C(F)(F)F)[nH]1. The van der Waals surface area contributed by atoms with Gasteiger partial charge in [0, 0.05) is 25.3 Å². The summed E-state index contributed by atoms with van der Waals surface area (Å²) in [5.41, 5.74) is 1.19. The van der Waals surface area contributed by atoms with Gasteiger partial charge in [-0.25, -0.2) is 0 Å². The predicted octanol–water partition coefficient (Wildman–Crippen LogP) is 4.75. The molecule has 2 saturated carbocycles. The second kappa shape index (κ2) is 17.6. The lowest BCUT2D eigenvalue weighted by molar-refractivity contribution is -0.141. The van der Waals surface area contributed by atoms with Gasteiger partial charge in [0.15, 0.2) is 5.69 Å². The number of aliphatic hydroxyl groups is 3. The van der Waals surface area contributed by atoms with Gasteiger partial charge in [-0.2, -0.15) is 13.2 Å². The molecular formula is C39H51F3N4O8. The van der Waals surface area contributed by atoms with Crippen LogP contribution < -0.4 is 15.6 Å². The molecule has 6 N–H and O–H groups in total. The summed E-state index contributed by atoms with van der Waals surface area (Å²) < 4.78 is 45.4. The van der Waals surface area contributed by atoms with Crippen LogP contribution in [-0.2, 0) is 17.3 Å². The summed E-state index contributed by atoms with van der Waals surface area (Å²) in [5, 5.41) is 49.8. The minimum Gasteiger partial charge on any atom is -0.508 e. The summed E-state index contributed by atoms with van der Waals surface area (Å²) >= 11 is 0. The van der Waals surface area contributed by atoms with E-state index in [1.165, 1.54) is 18.2 Å². The number of hydrogen-bond donors (Lipinski definition) is 6. The van der Waals surface area contributed by atoms with E-state index in [9.17, 15) is 33.0 Å². The van der Waals surface area contributed by atoms with Crippen LogP contribution in [0.25, 0.3) is 0 Å². The van der Waals surface area contributed by atoms with E-state index >= 15 is 0 Å². The van der Waals surface area contributed by atoms with Crippen molar-refractivity contribution in [1.82, 2.24) is 20.5 Å². The first-order chi connectivity index (χ1) is 25.6. The van der Waals surface area contributed by atoms with E-state index in [2.05, 4.69) is 28.5 Å². The molecule has 1 aliphatic heterocycles. The van der Waals surface area contributed by atoms with E-state index in [0.717, 1.165) is 63.1 Å². The second-order valence-electron chi connectivity index (χ2n) is 15.0. The number of aliphatic hydroxyl groups excluding tert-OH is 3. The van der Waals surface area contributed by atoms with Crippen molar-refractivity contribution < 1.29 is 47.9 Å². The number of nitrogens with one attached hydrogen (secondary N) is 2. The average Bonchev–Trinajstić information content (AvgIpc) is 3.45. The number of aromatic hydroxyl groups is 1. The maximum atomic E-state index is 12.4. The second-order valence-corrected chi connectivity index (χ2v) is 15.0. The standard InChI is InChI=1S/C27H35N3O4.C6H4F3NO.C6H12O3/c1-27-12-11-20-19-6-5-18(31)15-17(19)14-16(25(20)21(27)7-9-23(27)32)4-3-13-28-26(33)22-8-10-24(34-2)30-29-22;7-6(8,9)4-2-1-3-5(11)10-4;1-4-6(8)5(7)2-3-9-4/h5-6,8,10,15-16,20-21,23,25,31-32H,3-4,7,9,11-14H2,1-2H3,(H,28,33);1-3H,(H,10,11);4-8H,2-3H2,1H3. The number of pyridine rings is 1. The number of rotatable bonds is 6. The Morgan fingerprint density at radius 3 is 2.48 bits per heavy atom. The fraction of sp³-hybridized carbons (Fsp3) is 0.590. The van der Waals surface area contributed by atoms with Gasteiger partial charge < -0.3 is 40.2 Å². The van der Waals surface area contributed by atoms with E-state index < -0.39 is 29.6 Å². The van der Waals surface area contributed by atoms with Gasteiger partial charge in [0.05, 0.1) is 25.4 Å². The summed E-state index contributed by atoms with van der Waals surface area (Å²) in [6, 6.07) is 12.0. The molecule has 7 rings (SSSR count). The van der Waals surface area contributed by atoms with Crippen LogP contribution in [0.5, 0.6) is 11.6 Å². The molecule has 296 valence electrons. The topological polar surface area (TPSA) is 187 Å². The third-order valence-corrected chi connectivity index (χ3v) is 11.7. The van der Waals surface area contributed by atoms with Gasteiger partial charge >= 0.3 is 6.18 Å². The minimum atomic E-state index is -4.47. The predicted molar refractivity (Wildman–Crippen MR) is 192 cm³/mol. The highest BCUT2D eigenvalue weighted by molar-refractivity contribution is 5.92. The van der Waals surface area contributed by atoms with Gasteiger partial charge in [0.25, 0.3) is 5.91 Å². The quantitative estimate of drug-likeness (QED) is 0.192. The number of hydrogen-bond acceptors (Lipinski definition) is 10. The van der Waals surface area contributed by atoms with Crippen molar-refractivity contribution in [1.29, 1.82) is 0 Å². The number of alkyl halides is 3. The van der Waals surface area contributed by atoms with Crippen molar-refractivity contribution in [2.24, 2.45) is 23.2 Å². The third-order valence-electron chi connectivity index (χ3n) is 11.7. The first-order valence-corrected chi connectivity index (χ1v) is 18.5. The average molecular weight is 761 g/mol. The highest BCUT2D eigenvalue weighted by atomic mass is 19.4. The van der Waals surface area contributed by atoms with Crippen LogP contribution in [0.15, 0.2) is 53.3 Å². The lowest BCUT2D eigenvalue weighted by Crippen LogP contribution is -2.47. The number of phenolic OH excluding ortho intramolecular Hbond substituents is 1. The van der Waals surface area contributed by atoms with Gasteiger partial charge in [-0.1, -0.05) is 19.1 Å². The lowest BCUT2D eigenvalue weighted by Gasteiger charge is -2.53. The van der Waals surface area contributed by atoms with Crippen LogP contribution in [0.1, 0.15) is 92.0 Å². The Morgan fingerprint density at radius 2 is 1.85 bits per heavy atom. The molecule has 1 saturated heterocycles.